The molecule has 1 aromatic heterocycles. The van der Waals surface area contributed by atoms with Crippen molar-refractivity contribution in [3.63, 3.8) is 0 Å². The summed E-state index contributed by atoms with van der Waals surface area (Å²) in [5.41, 5.74) is 1.32. The summed E-state index contributed by atoms with van der Waals surface area (Å²) in [6.45, 7) is 0. The summed E-state index contributed by atoms with van der Waals surface area (Å²) >= 11 is 0. The lowest BCUT2D eigenvalue weighted by atomic mass is 10.2. The van der Waals surface area contributed by atoms with E-state index in [0.717, 1.165) is 0 Å². The number of benzene rings is 2. The molecule has 0 aliphatic carbocycles. The number of thiophene rings is 1. The maximum absolute atomic E-state index is 2.29. The second-order valence-electron chi connectivity index (χ2n) is 3.88. The fraction of sp³-hybridized carbons (Fsp3) is 0. The van der Waals surface area contributed by atoms with Crippen LogP contribution < -0.4 is 0 Å². The van der Waals surface area contributed by atoms with Crippen molar-refractivity contribution in [3.8, 4) is 15.3 Å². The van der Waals surface area contributed by atoms with Crippen molar-refractivity contribution < 1.29 is 0 Å². The second-order valence-corrected chi connectivity index (χ2v) is 5.74. The molecule has 0 aliphatic rings. The summed E-state index contributed by atoms with van der Waals surface area (Å²) < 4.78 is 0. The number of rotatable bonds is 2. The van der Waals surface area contributed by atoms with Crippen molar-refractivity contribution in [2.24, 2.45) is 0 Å². The van der Waals surface area contributed by atoms with Crippen LogP contribution >= 0.6 is 10.5 Å². The van der Waals surface area contributed by atoms with Crippen LogP contribution in [0.1, 0.15) is 0 Å². The van der Waals surface area contributed by atoms with Crippen LogP contribution in [0.4, 0.5) is 0 Å². The first kappa shape index (κ1) is 10.3. The molecule has 0 N–H and O–H groups in total. The van der Waals surface area contributed by atoms with E-state index in [9.17, 15) is 0 Å². The van der Waals surface area contributed by atoms with E-state index >= 15 is 0 Å². The highest BCUT2D eigenvalue weighted by Gasteiger charge is 2.16. The topological polar surface area (TPSA) is 0 Å². The molecule has 0 aliphatic heterocycles. The molecular formula is C16H13S+. The van der Waals surface area contributed by atoms with Crippen LogP contribution in [0.5, 0.6) is 0 Å². The minimum Gasteiger partial charge on any atom is -0.0622 e. The lowest BCUT2D eigenvalue weighted by Gasteiger charge is -1.96. The Kier molecular flexibility index (Phi) is 2.76. The van der Waals surface area contributed by atoms with Crippen LogP contribution in [0.3, 0.4) is 0 Å². The van der Waals surface area contributed by atoms with Crippen molar-refractivity contribution in [3.05, 3.63) is 78.2 Å². The van der Waals surface area contributed by atoms with Crippen LogP contribution in [0, 0.1) is 0 Å². The lowest BCUT2D eigenvalue weighted by molar-refractivity contribution is 1.70. The van der Waals surface area contributed by atoms with Gasteiger partial charge in [-0.3, -0.25) is 0 Å². The van der Waals surface area contributed by atoms with Crippen molar-refractivity contribution in [1.82, 2.24) is 0 Å². The highest BCUT2D eigenvalue weighted by Crippen LogP contribution is 2.41. The molecule has 0 amide bonds. The predicted molar refractivity (Wildman–Crippen MR) is 75.7 cm³/mol. The molecular weight excluding hydrogens is 224 g/mol. The van der Waals surface area contributed by atoms with Gasteiger partial charge in [0.2, 0.25) is 0 Å². The average molecular weight is 237 g/mol. The summed E-state index contributed by atoms with van der Waals surface area (Å²) in [6.07, 6.45) is 0. The molecule has 0 saturated carbocycles. The summed E-state index contributed by atoms with van der Waals surface area (Å²) in [5.74, 6) is 0. The van der Waals surface area contributed by atoms with E-state index < -0.39 is 0 Å². The van der Waals surface area contributed by atoms with Gasteiger partial charge < -0.3 is 0 Å². The van der Waals surface area contributed by atoms with Gasteiger partial charge in [0.1, 0.15) is 5.38 Å². The standard InChI is InChI=1S/C16H13S/c1-3-8-14(9-4-1)16-12-7-13-17(16)15-10-5-2-6-11-15/h1-13H/q+1. The summed E-state index contributed by atoms with van der Waals surface area (Å²) in [5, 5.41) is 2.29. The first-order valence-electron chi connectivity index (χ1n) is 5.67. The highest BCUT2D eigenvalue weighted by molar-refractivity contribution is 7.41. The Bertz CT molecular complexity index is 540. The fourth-order valence-electron chi connectivity index (χ4n) is 1.95. The van der Waals surface area contributed by atoms with Crippen LogP contribution in [-0.4, -0.2) is 0 Å². The van der Waals surface area contributed by atoms with Crippen LogP contribution in [0.2, 0.25) is 0 Å². The van der Waals surface area contributed by atoms with Crippen LogP contribution in [-0.2, 0) is 0 Å². The van der Waals surface area contributed by atoms with Gasteiger partial charge in [-0.15, -0.1) is 0 Å². The summed E-state index contributed by atoms with van der Waals surface area (Å²) in [7, 11) is 0.101. The van der Waals surface area contributed by atoms with E-state index in [1.807, 2.05) is 0 Å². The molecule has 0 radical (unpaired) electrons. The van der Waals surface area contributed by atoms with E-state index in [4.69, 9.17) is 0 Å². The van der Waals surface area contributed by atoms with Gasteiger partial charge in [-0.1, -0.05) is 36.4 Å². The first-order chi connectivity index (χ1) is 8.45. The molecule has 1 unspecified atom stereocenters. The van der Waals surface area contributed by atoms with Crippen molar-refractivity contribution in [2.45, 2.75) is 0 Å². The SMILES string of the molecule is c1ccc(-c2ccc[s+]2-c2ccccc2)cc1. The zero-order valence-corrected chi connectivity index (χ0v) is 10.2. The Morgan fingerprint density at radius 2 is 1.24 bits per heavy atom. The third kappa shape index (κ3) is 2.02. The Morgan fingerprint density at radius 1 is 0.588 bits per heavy atom. The molecule has 1 heterocycles. The van der Waals surface area contributed by atoms with E-state index in [1.165, 1.54) is 15.3 Å². The molecule has 0 fully saturated rings. The van der Waals surface area contributed by atoms with Gasteiger partial charge in [-0.2, -0.15) is 0 Å². The molecule has 17 heavy (non-hydrogen) atoms. The van der Waals surface area contributed by atoms with E-state index in [2.05, 4.69) is 78.2 Å². The van der Waals surface area contributed by atoms with Gasteiger partial charge >= 0.3 is 0 Å². The largest absolute Gasteiger partial charge is 0.186 e. The number of hydrogen-bond donors (Lipinski definition) is 0. The quantitative estimate of drug-likeness (QED) is 0.544. The van der Waals surface area contributed by atoms with Gasteiger partial charge in [0.15, 0.2) is 9.77 Å². The minimum atomic E-state index is 0.101. The molecule has 1 atom stereocenters. The summed E-state index contributed by atoms with van der Waals surface area (Å²) in [4.78, 5) is 2.80. The maximum atomic E-state index is 2.29. The lowest BCUT2D eigenvalue weighted by Crippen LogP contribution is -1.73. The normalized spacial score (nSPS) is 11.4. The second kappa shape index (κ2) is 4.56. The molecule has 0 nitrogen and oxygen atoms in total. The van der Waals surface area contributed by atoms with Gasteiger partial charge in [0.05, 0.1) is 0 Å². The van der Waals surface area contributed by atoms with Gasteiger partial charge in [0.25, 0.3) is 0 Å². The monoisotopic (exact) mass is 237 g/mol. The van der Waals surface area contributed by atoms with E-state index in [1.54, 1.807) is 0 Å². The molecule has 0 bridgehead atoms. The van der Waals surface area contributed by atoms with Gasteiger partial charge in [-0.25, -0.2) is 0 Å². The van der Waals surface area contributed by atoms with Crippen molar-refractivity contribution in [2.75, 3.05) is 0 Å². The molecule has 1 heteroatoms. The van der Waals surface area contributed by atoms with Crippen LogP contribution in [0.15, 0.2) is 78.2 Å². The maximum Gasteiger partial charge on any atom is 0.186 e. The first-order valence-corrected chi connectivity index (χ1v) is 6.96. The third-order valence-corrected chi connectivity index (χ3v) is 4.81. The Morgan fingerprint density at radius 3 is 1.94 bits per heavy atom. The van der Waals surface area contributed by atoms with E-state index in [0.29, 0.717) is 0 Å². The highest BCUT2D eigenvalue weighted by atomic mass is 32.2. The average Bonchev–Trinajstić information content (AvgIpc) is 2.90. The van der Waals surface area contributed by atoms with Crippen LogP contribution in [0.25, 0.3) is 15.3 Å². The van der Waals surface area contributed by atoms with Crippen molar-refractivity contribution >= 4 is 10.5 Å². The Labute approximate surface area is 104 Å². The predicted octanol–water partition coefficient (Wildman–Crippen LogP) is 5.09. The van der Waals surface area contributed by atoms with Gasteiger partial charge in [-0.05, 0) is 30.3 Å². The van der Waals surface area contributed by atoms with Crippen molar-refractivity contribution in [1.29, 1.82) is 0 Å². The third-order valence-electron chi connectivity index (χ3n) is 2.75. The fourth-order valence-corrected chi connectivity index (χ4v) is 3.81. The number of hydrogen-bond acceptors (Lipinski definition) is 0. The zero-order chi connectivity index (χ0) is 11.5. The molecule has 3 aromatic rings. The summed E-state index contributed by atoms with van der Waals surface area (Å²) in [6, 6.07) is 25.7. The molecule has 0 spiro atoms. The Hall–Kier alpha value is -1.86. The Balaban J connectivity index is 2.13. The van der Waals surface area contributed by atoms with E-state index in [-0.39, 0.29) is 10.5 Å². The smallest absolute Gasteiger partial charge is 0.0622 e. The minimum absolute atomic E-state index is 0.101. The molecule has 82 valence electrons. The van der Waals surface area contributed by atoms with Gasteiger partial charge in [0, 0.05) is 22.1 Å². The molecule has 2 aromatic carbocycles. The molecule has 0 saturated heterocycles. The zero-order valence-electron chi connectivity index (χ0n) is 9.41. The molecule has 3 rings (SSSR count).